The Balaban J connectivity index is 3.75. The lowest BCUT2D eigenvalue weighted by molar-refractivity contribution is -0.152. The van der Waals surface area contributed by atoms with E-state index in [4.69, 9.17) is 4.74 Å². The molecule has 0 amide bonds. The predicted octanol–water partition coefficient (Wildman–Crippen LogP) is 1.94. The standard InChI is InChI=1S/C12H20O4/c1-9(2)5-6-10(3)12(14)16-8-7-15-11(4)13/h5-6,9-10H,7-8H2,1-4H3/b6-5-. The summed E-state index contributed by atoms with van der Waals surface area (Å²) in [5.74, 6) is -0.524. The molecule has 0 aliphatic heterocycles. The lowest BCUT2D eigenvalue weighted by Crippen LogP contribution is -2.17. The average Bonchev–Trinajstić information content (AvgIpc) is 2.20. The maximum atomic E-state index is 11.4. The van der Waals surface area contributed by atoms with Crippen molar-refractivity contribution in [2.45, 2.75) is 27.7 Å². The Morgan fingerprint density at radius 1 is 1.06 bits per heavy atom. The molecule has 0 bridgehead atoms. The second kappa shape index (κ2) is 7.91. The lowest BCUT2D eigenvalue weighted by atomic mass is 10.1. The van der Waals surface area contributed by atoms with Crippen molar-refractivity contribution in [2.75, 3.05) is 13.2 Å². The van der Waals surface area contributed by atoms with Crippen LogP contribution in [0.4, 0.5) is 0 Å². The van der Waals surface area contributed by atoms with E-state index in [0.29, 0.717) is 5.92 Å². The van der Waals surface area contributed by atoms with Crippen LogP contribution in [0.2, 0.25) is 0 Å². The van der Waals surface area contributed by atoms with Gasteiger partial charge in [-0.1, -0.05) is 26.0 Å². The molecule has 0 aromatic heterocycles. The van der Waals surface area contributed by atoms with Crippen molar-refractivity contribution in [3.63, 3.8) is 0 Å². The molecule has 0 fully saturated rings. The van der Waals surface area contributed by atoms with Crippen LogP contribution in [-0.2, 0) is 19.1 Å². The molecule has 0 aliphatic carbocycles. The minimum Gasteiger partial charge on any atom is -0.462 e. The highest BCUT2D eigenvalue weighted by molar-refractivity contribution is 5.74. The van der Waals surface area contributed by atoms with Crippen LogP contribution in [0, 0.1) is 11.8 Å². The van der Waals surface area contributed by atoms with Gasteiger partial charge in [0.1, 0.15) is 13.2 Å². The molecule has 0 aromatic carbocycles. The molecule has 16 heavy (non-hydrogen) atoms. The van der Waals surface area contributed by atoms with Gasteiger partial charge < -0.3 is 9.47 Å². The lowest BCUT2D eigenvalue weighted by Gasteiger charge is -2.08. The molecule has 0 spiro atoms. The summed E-state index contributed by atoms with van der Waals surface area (Å²) in [5, 5.41) is 0. The van der Waals surface area contributed by atoms with Crippen molar-refractivity contribution in [2.24, 2.45) is 11.8 Å². The SMILES string of the molecule is CC(=O)OCCOC(=O)C(C)/C=C\C(C)C. The molecule has 0 heterocycles. The zero-order chi connectivity index (χ0) is 12.6. The number of hydrogen-bond donors (Lipinski definition) is 0. The molecule has 0 aliphatic rings. The van der Waals surface area contributed by atoms with Crippen LogP contribution in [0.25, 0.3) is 0 Å². The van der Waals surface area contributed by atoms with Crippen LogP contribution in [0.5, 0.6) is 0 Å². The van der Waals surface area contributed by atoms with Crippen molar-refractivity contribution in [1.29, 1.82) is 0 Å². The normalized spacial score (nSPS) is 12.8. The summed E-state index contributed by atoms with van der Waals surface area (Å²) < 4.78 is 9.56. The smallest absolute Gasteiger partial charge is 0.312 e. The first-order valence-electron chi connectivity index (χ1n) is 5.41. The van der Waals surface area contributed by atoms with Gasteiger partial charge in [-0.05, 0) is 12.8 Å². The van der Waals surface area contributed by atoms with Gasteiger partial charge in [0, 0.05) is 6.92 Å². The summed E-state index contributed by atoms with van der Waals surface area (Å²) in [5.41, 5.74) is 0. The van der Waals surface area contributed by atoms with E-state index in [1.807, 2.05) is 26.0 Å². The van der Waals surface area contributed by atoms with Crippen LogP contribution in [0.15, 0.2) is 12.2 Å². The van der Waals surface area contributed by atoms with Crippen molar-refractivity contribution in [3.8, 4) is 0 Å². The highest BCUT2D eigenvalue weighted by atomic mass is 16.6. The van der Waals surface area contributed by atoms with E-state index in [1.165, 1.54) is 6.92 Å². The molecule has 1 atom stereocenters. The number of carbonyl (C=O) groups excluding carboxylic acids is 2. The number of ether oxygens (including phenoxy) is 2. The third-order valence-corrected chi connectivity index (χ3v) is 1.79. The van der Waals surface area contributed by atoms with Crippen LogP contribution in [-0.4, -0.2) is 25.2 Å². The zero-order valence-corrected chi connectivity index (χ0v) is 10.4. The first-order chi connectivity index (χ1) is 7.43. The molecule has 0 saturated heterocycles. The van der Waals surface area contributed by atoms with Gasteiger partial charge >= 0.3 is 11.9 Å². The summed E-state index contributed by atoms with van der Waals surface area (Å²) >= 11 is 0. The Kier molecular flexibility index (Phi) is 7.25. The monoisotopic (exact) mass is 228 g/mol. The summed E-state index contributed by atoms with van der Waals surface area (Å²) in [4.78, 5) is 21.8. The second-order valence-corrected chi connectivity index (χ2v) is 3.93. The molecule has 4 nitrogen and oxygen atoms in total. The van der Waals surface area contributed by atoms with Crippen molar-refractivity contribution in [1.82, 2.24) is 0 Å². The van der Waals surface area contributed by atoms with E-state index in [-0.39, 0.29) is 31.1 Å². The maximum absolute atomic E-state index is 11.4. The number of hydrogen-bond acceptors (Lipinski definition) is 4. The van der Waals surface area contributed by atoms with E-state index in [2.05, 4.69) is 4.74 Å². The topological polar surface area (TPSA) is 52.6 Å². The second-order valence-electron chi connectivity index (χ2n) is 3.93. The molecule has 0 N–H and O–H groups in total. The third kappa shape index (κ3) is 8.03. The van der Waals surface area contributed by atoms with Crippen molar-refractivity contribution < 1.29 is 19.1 Å². The summed E-state index contributed by atoms with van der Waals surface area (Å²) in [6.07, 6.45) is 3.77. The highest BCUT2D eigenvalue weighted by Crippen LogP contribution is 2.04. The van der Waals surface area contributed by atoms with Gasteiger partial charge in [0.25, 0.3) is 0 Å². The van der Waals surface area contributed by atoms with E-state index < -0.39 is 0 Å². The number of rotatable bonds is 6. The number of carbonyl (C=O) groups is 2. The molecule has 0 radical (unpaired) electrons. The van der Waals surface area contributed by atoms with Gasteiger partial charge in [-0.2, -0.15) is 0 Å². The zero-order valence-electron chi connectivity index (χ0n) is 10.4. The molecule has 92 valence electrons. The van der Waals surface area contributed by atoms with E-state index in [1.54, 1.807) is 6.92 Å². The van der Waals surface area contributed by atoms with Gasteiger partial charge in [0.05, 0.1) is 5.92 Å². The van der Waals surface area contributed by atoms with Gasteiger partial charge in [-0.15, -0.1) is 0 Å². The number of esters is 2. The minimum absolute atomic E-state index is 0.109. The molecular formula is C12H20O4. The fraction of sp³-hybridized carbons (Fsp3) is 0.667. The molecule has 0 aromatic rings. The first kappa shape index (κ1) is 14.7. The number of allylic oxidation sites excluding steroid dienone is 1. The quantitative estimate of drug-likeness (QED) is 0.396. The Hall–Kier alpha value is -1.32. The van der Waals surface area contributed by atoms with Crippen LogP contribution < -0.4 is 0 Å². The first-order valence-corrected chi connectivity index (χ1v) is 5.41. The molecule has 1 unspecified atom stereocenters. The average molecular weight is 228 g/mol. The van der Waals surface area contributed by atoms with Crippen LogP contribution in [0.1, 0.15) is 27.7 Å². The molecule has 0 rings (SSSR count). The largest absolute Gasteiger partial charge is 0.462 e. The minimum atomic E-state index is -0.371. The van der Waals surface area contributed by atoms with E-state index >= 15 is 0 Å². The summed E-state index contributed by atoms with van der Waals surface area (Å²) in [7, 11) is 0. The Labute approximate surface area is 96.6 Å². The van der Waals surface area contributed by atoms with E-state index in [9.17, 15) is 9.59 Å². The van der Waals surface area contributed by atoms with E-state index in [0.717, 1.165) is 0 Å². The van der Waals surface area contributed by atoms with Crippen LogP contribution >= 0.6 is 0 Å². The highest BCUT2D eigenvalue weighted by Gasteiger charge is 2.10. The molecule has 4 heteroatoms. The van der Waals surface area contributed by atoms with Crippen molar-refractivity contribution in [3.05, 3.63) is 12.2 Å². The van der Waals surface area contributed by atoms with Gasteiger partial charge in [-0.25, -0.2) is 0 Å². The fourth-order valence-corrected chi connectivity index (χ4v) is 0.927. The summed E-state index contributed by atoms with van der Waals surface area (Å²) in [6.45, 7) is 7.38. The summed E-state index contributed by atoms with van der Waals surface area (Å²) in [6, 6.07) is 0. The Morgan fingerprint density at radius 3 is 2.12 bits per heavy atom. The van der Waals surface area contributed by atoms with Crippen LogP contribution in [0.3, 0.4) is 0 Å². The molecular weight excluding hydrogens is 208 g/mol. The molecule has 0 saturated carbocycles. The maximum Gasteiger partial charge on any atom is 0.312 e. The van der Waals surface area contributed by atoms with Gasteiger partial charge in [0.2, 0.25) is 0 Å². The van der Waals surface area contributed by atoms with Gasteiger partial charge in [0.15, 0.2) is 0 Å². The predicted molar refractivity (Wildman–Crippen MR) is 60.7 cm³/mol. The fourth-order valence-electron chi connectivity index (χ4n) is 0.927. The Bertz CT molecular complexity index is 256. The third-order valence-electron chi connectivity index (χ3n) is 1.79. The van der Waals surface area contributed by atoms with Crippen molar-refractivity contribution >= 4 is 11.9 Å². The Morgan fingerprint density at radius 2 is 1.62 bits per heavy atom. The van der Waals surface area contributed by atoms with Gasteiger partial charge in [-0.3, -0.25) is 9.59 Å².